The van der Waals surface area contributed by atoms with Crippen molar-refractivity contribution < 1.29 is 9.90 Å². The van der Waals surface area contributed by atoms with E-state index in [1.807, 2.05) is 18.5 Å². The molecule has 7 nitrogen and oxygen atoms in total. The zero-order chi connectivity index (χ0) is 19.9. The minimum atomic E-state index is -0.250. The summed E-state index contributed by atoms with van der Waals surface area (Å²) in [7, 11) is 0. The molecular formula is C21H31N5O2. The molecule has 2 fully saturated rings. The van der Waals surface area contributed by atoms with E-state index in [1.54, 1.807) is 0 Å². The van der Waals surface area contributed by atoms with Gasteiger partial charge in [0, 0.05) is 37.1 Å². The fourth-order valence-electron chi connectivity index (χ4n) is 4.51. The minimum absolute atomic E-state index is 0.250. The van der Waals surface area contributed by atoms with Crippen LogP contribution in [0.15, 0.2) is 24.7 Å². The molecule has 152 valence electrons. The molecule has 2 atom stereocenters. The Morgan fingerprint density at radius 1 is 1.18 bits per heavy atom. The molecule has 2 saturated heterocycles. The first-order chi connectivity index (χ1) is 13.6. The van der Waals surface area contributed by atoms with E-state index in [4.69, 9.17) is 14.9 Å². The maximum absolute atomic E-state index is 8.36. The number of hydrogen-bond acceptors (Lipinski definition) is 5. The van der Waals surface area contributed by atoms with Gasteiger partial charge in [0.05, 0.1) is 0 Å². The Morgan fingerprint density at radius 3 is 2.75 bits per heavy atom. The summed E-state index contributed by atoms with van der Waals surface area (Å²) >= 11 is 0. The number of fused-ring (bicyclic) bond motifs is 1. The van der Waals surface area contributed by atoms with Crippen molar-refractivity contribution in [3.05, 3.63) is 30.5 Å². The molecule has 0 bridgehead atoms. The van der Waals surface area contributed by atoms with Gasteiger partial charge < -0.3 is 14.6 Å². The third kappa shape index (κ3) is 4.76. The van der Waals surface area contributed by atoms with Gasteiger partial charge in [0.1, 0.15) is 11.5 Å². The lowest BCUT2D eigenvalue weighted by Crippen LogP contribution is -2.49. The highest BCUT2D eigenvalue weighted by atomic mass is 16.3. The zero-order valence-corrected chi connectivity index (χ0v) is 16.9. The van der Waals surface area contributed by atoms with Crippen LogP contribution < -0.4 is 0 Å². The number of carboxylic acid groups (broad SMARTS) is 1. The fraction of sp³-hybridized carbons (Fsp3) is 0.619. The second kappa shape index (κ2) is 9.78. The SMILES string of the molecule is CC(C)c1nccc(-c2nccn2C[C@@H]2CCCN3CCCC[C@H]23)n1.O=CO. The number of hydrogen-bond donors (Lipinski definition) is 1. The summed E-state index contributed by atoms with van der Waals surface area (Å²) < 4.78 is 2.31. The molecule has 4 rings (SSSR count). The van der Waals surface area contributed by atoms with Crippen molar-refractivity contribution in [2.45, 2.75) is 64.5 Å². The number of aromatic nitrogens is 4. The largest absolute Gasteiger partial charge is 0.483 e. The highest BCUT2D eigenvalue weighted by molar-refractivity contribution is 5.49. The molecule has 4 heterocycles. The number of piperidine rings is 2. The van der Waals surface area contributed by atoms with E-state index in [1.165, 1.54) is 45.2 Å². The highest BCUT2D eigenvalue weighted by Crippen LogP contribution is 2.32. The summed E-state index contributed by atoms with van der Waals surface area (Å²) in [4.78, 5) is 24.8. The number of nitrogens with zero attached hydrogens (tertiary/aromatic N) is 5. The molecule has 0 radical (unpaired) electrons. The van der Waals surface area contributed by atoms with Crippen molar-refractivity contribution in [3.63, 3.8) is 0 Å². The first kappa shape index (κ1) is 20.5. The Bertz CT molecular complexity index is 759. The summed E-state index contributed by atoms with van der Waals surface area (Å²) in [5.74, 6) is 2.94. The minimum Gasteiger partial charge on any atom is -0.483 e. The molecule has 0 aliphatic carbocycles. The van der Waals surface area contributed by atoms with Crippen LogP contribution in [0.5, 0.6) is 0 Å². The van der Waals surface area contributed by atoms with Crippen molar-refractivity contribution >= 4 is 6.47 Å². The second-order valence-electron chi connectivity index (χ2n) is 7.96. The van der Waals surface area contributed by atoms with E-state index in [2.05, 4.69) is 39.5 Å². The monoisotopic (exact) mass is 385 g/mol. The second-order valence-corrected chi connectivity index (χ2v) is 7.96. The van der Waals surface area contributed by atoms with Gasteiger partial charge >= 0.3 is 0 Å². The summed E-state index contributed by atoms with van der Waals surface area (Å²) in [6, 6.07) is 2.74. The van der Waals surface area contributed by atoms with Gasteiger partial charge in [-0.15, -0.1) is 0 Å². The third-order valence-electron chi connectivity index (χ3n) is 5.80. The molecule has 2 aliphatic rings. The Hall–Kier alpha value is -2.28. The molecule has 0 unspecified atom stereocenters. The van der Waals surface area contributed by atoms with Gasteiger partial charge in [0.25, 0.3) is 6.47 Å². The van der Waals surface area contributed by atoms with Crippen molar-refractivity contribution in [2.75, 3.05) is 13.1 Å². The van der Waals surface area contributed by atoms with E-state index in [0.717, 1.165) is 35.8 Å². The molecule has 2 aliphatic heterocycles. The molecule has 0 aromatic carbocycles. The van der Waals surface area contributed by atoms with Gasteiger partial charge in [0.15, 0.2) is 5.82 Å². The van der Waals surface area contributed by atoms with Crippen LogP contribution in [0.1, 0.15) is 57.7 Å². The molecule has 2 aromatic rings. The predicted molar refractivity (Wildman–Crippen MR) is 108 cm³/mol. The van der Waals surface area contributed by atoms with Crippen molar-refractivity contribution in [1.29, 1.82) is 0 Å². The fourth-order valence-corrected chi connectivity index (χ4v) is 4.51. The molecule has 0 amide bonds. The van der Waals surface area contributed by atoms with Crippen LogP contribution >= 0.6 is 0 Å². The summed E-state index contributed by atoms with van der Waals surface area (Å²) in [5.41, 5.74) is 0.944. The van der Waals surface area contributed by atoms with Crippen molar-refractivity contribution in [1.82, 2.24) is 24.4 Å². The molecule has 28 heavy (non-hydrogen) atoms. The first-order valence-electron chi connectivity index (χ1n) is 10.3. The molecule has 0 saturated carbocycles. The summed E-state index contributed by atoms with van der Waals surface area (Å²) in [5, 5.41) is 6.89. The topological polar surface area (TPSA) is 84.1 Å². The lowest BCUT2D eigenvalue weighted by Gasteiger charge is -2.44. The van der Waals surface area contributed by atoms with Crippen LogP contribution in [0, 0.1) is 5.92 Å². The number of imidazole rings is 1. The van der Waals surface area contributed by atoms with E-state index in [9.17, 15) is 0 Å². The van der Waals surface area contributed by atoms with Gasteiger partial charge in [-0.3, -0.25) is 4.79 Å². The Labute approximate surface area is 166 Å². The normalized spacial score (nSPS) is 22.2. The molecular weight excluding hydrogens is 354 g/mol. The number of rotatable bonds is 4. The molecule has 0 spiro atoms. The maximum atomic E-state index is 8.36. The van der Waals surface area contributed by atoms with Gasteiger partial charge in [-0.05, 0) is 50.8 Å². The van der Waals surface area contributed by atoms with Crippen LogP contribution in [-0.4, -0.2) is 55.1 Å². The van der Waals surface area contributed by atoms with Gasteiger partial charge in [-0.25, -0.2) is 15.0 Å². The van der Waals surface area contributed by atoms with Crippen LogP contribution in [0.2, 0.25) is 0 Å². The van der Waals surface area contributed by atoms with E-state index >= 15 is 0 Å². The van der Waals surface area contributed by atoms with Crippen molar-refractivity contribution in [2.24, 2.45) is 5.92 Å². The van der Waals surface area contributed by atoms with Gasteiger partial charge in [-0.2, -0.15) is 0 Å². The lowest BCUT2D eigenvalue weighted by molar-refractivity contribution is -0.122. The Morgan fingerprint density at radius 2 is 1.96 bits per heavy atom. The average Bonchev–Trinajstić information content (AvgIpc) is 3.17. The quantitative estimate of drug-likeness (QED) is 0.812. The lowest BCUT2D eigenvalue weighted by atomic mass is 9.83. The third-order valence-corrected chi connectivity index (χ3v) is 5.80. The van der Waals surface area contributed by atoms with Gasteiger partial charge in [0.2, 0.25) is 0 Å². The van der Waals surface area contributed by atoms with Crippen LogP contribution in [0.4, 0.5) is 0 Å². The number of carbonyl (C=O) groups is 1. The smallest absolute Gasteiger partial charge is 0.290 e. The maximum Gasteiger partial charge on any atom is 0.290 e. The molecule has 1 N–H and O–H groups in total. The van der Waals surface area contributed by atoms with Crippen molar-refractivity contribution in [3.8, 4) is 11.5 Å². The van der Waals surface area contributed by atoms with Gasteiger partial charge in [-0.1, -0.05) is 20.3 Å². The van der Waals surface area contributed by atoms with E-state index in [-0.39, 0.29) is 6.47 Å². The molecule has 7 heteroatoms. The average molecular weight is 386 g/mol. The Balaban J connectivity index is 0.000000706. The predicted octanol–water partition coefficient (Wildman–Crippen LogP) is 3.43. The van der Waals surface area contributed by atoms with E-state index in [0.29, 0.717) is 5.92 Å². The first-order valence-corrected chi connectivity index (χ1v) is 10.3. The van der Waals surface area contributed by atoms with Crippen LogP contribution in [-0.2, 0) is 11.3 Å². The van der Waals surface area contributed by atoms with Crippen LogP contribution in [0.25, 0.3) is 11.5 Å². The summed E-state index contributed by atoms with van der Waals surface area (Å²) in [6.45, 7) is 7.65. The Kier molecular flexibility index (Phi) is 7.14. The van der Waals surface area contributed by atoms with E-state index < -0.39 is 0 Å². The zero-order valence-electron chi connectivity index (χ0n) is 16.9. The standard InChI is InChI=1S/C20H29N5.CH2O2/c1-15(2)19-21-9-8-17(23-19)20-22-10-13-25(20)14-16-6-5-12-24-11-4-3-7-18(16)24;2-1-3/h8-10,13,15-16,18H,3-7,11-12,14H2,1-2H3;1H,(H,2,3)/t16-,18+;/m0./s1. The van der Waals surface area contributed by atoms with Crippen LogP contribution in [0.3, 0.4) is 0 Å². The highest BCUT2D eigenvalue weighted by Gasteiger charge is 2.33. The molecule has 2 aromatic heterocycles. The summed E-state index contributed by atoms with van der Waals surface area (Å²) in [6.07, 6.45) is 12.7.